The number of hydrogen-bond donors (Lipinski definition) is 2. The number of nitrogens with zero attached hydrogens (tertiary/aromatic N) is 1. The Kier molecular flexibility index (Phi) is 3.02. The normalized spacial score (nSPS) is 11.5. The molecule has 0 radical (unpaired) electrons. The molecule has 0 saturated heterocycles. The van der Waals surface area contributed by atoms with Crippen molar-refractivity contribution in [1.82, 2.24) is 9.97 Å². The molecule has 2 heterocycles. The minimum Gasteiger partial charge on any atom is -0.357 e. The van der Waals surface area contributed by atoms with Gasteiger partial charge < -0.3 is 4.98 Å². The number of aromatic amines is 1. The van der Waals surface area contributed by atoms with Crippen LogP contribution in [-0.2, 0) is 5.41 Å². The van der Waals surface area contributed by atoms with Gasteiger partial charge in [0.05, 0.1) is 5.69 Å². The Morgan fingerprint density at radius 1 is 1.47 bits per heavy atom. The van der Waals surface area contributed by atoms with Crippen molar-refractivity contribution in [3.05, 3.63) is 35.1 Å². The van der Waals surface area contributed by atoms with Crippen LogP contribution < -0.4 is 5.32 Å². The lowest BCUT2D eigenvalue weighted by Crippen LogP contribution is -2.14. The minimum absolute atomic E-state index is 0.00586. The second-order valence-corrected chi connectivity index (χ2v) is 5.68. The predicted molar refractivity (Wildman–Crippen MR) is 69.6 cm³/mol. The zero-order valence-electron chi connectivity index (χ0n) is 10.1. The molecule has 4 nitrogen and oxygen atoms in total. The van der Waals surface area contributed by atoms with Gasteiger partial charge in [0.25, 0.3) is 5.91 Å². The van der Waals surface area contributed by atoms with Crippen LogP contribution in [0.15, 0.2) is 23.7 Å². The predicted octanol–water partition coefficient (Wildman–Crippen LogP) is 3.02. The molecule has 0 aliphatic rings. The molecule has 90 valence electrons. The Labute approximate surface area is 104 Å². The average Bonchev–Trinajstić information content (AvgIpc) is 2.85. The lowest BCUT2D eigenvalue weighted by molar-refractivity contribution is 0.102. The van der Waals surface area contributed by atoms with Gasteiger partial charge >= 0.3 is 0 Å². The third-order valence-corrected chi connectivity index (χ3v) is 3.09. The molecule has 5 heteroatoms. The van der Waals surface area contributed by atoms with E-state index in [4.69, 9.17) is 0 Å². The zero-order valence-corrected chi connectivity index (χ0v) is 10.9. The van der Waals surface area contributed by atoms with Gasteiger partial charge in [0.15, 0.2) is 5.13 Å². The first-order chi connectivity index (χ1) is 7.97. The number of carbonyl (C=O) groups is 1. The number of carbonyl (C=O) groups excluding carboxylic acids is 1. The quantitative estimate of drug-likeness (QED) is 0.859. The van der Waals surface area contributed by atoms with Crippen molar-refractivity contribution < 1.29 is 4.79 Å². The fraction of sp³-hybridized carbons (Fsp3) is 0.333. The van der Waals surface area contributed by atoms with E-state index in [1.165, 1.54) is 11.3 Å². The lowest BCUT2D eigenvalue weighted by atomic mass is 9.93. The fourth-order valence-electron chi connectivity index (χ4n) is 1.31. The van der Waals surface area contributed by atoms with E-state index < -0.39 is 0 Å². The summed E-state index contributed by atoms with van der Waals surface area (Å²) in [6.45, 7) is 6.29. The highest BCUT2D eigenvalue weighted by molar-refractivity contribution is 7.14. The molecule has 0 unspecified atom stereocenters. The molecule has 0 fully saturated rings. The number of hydrogen-bond acceptors (Lipinski definition) is 3. The summed E-state index contributed by atoms with van der Waals surface area (Å²) in [4.78, 5) is 19.0. The summed E-state index contributed by atoms with van der Waals surface area (Å²) in [7, 11) is 0. The molecule has 0 aliphatic carbocycles. The molecule has 17 heavy (non-hydrogen) atoms. The van der Waals surface area contributed by atoms with E-state index in [0.29, 0.717) is 10.8 Å². The van der Waals surface area contributed by atoms with Crippen LogP contribution in [0.5, 0.6) is 0 Å². The summed E-state index contributed by atoms with van der Waals surface area (Å²) in [6, 6.07) is 3.52. The molecule has 2 aromatic heterocycles. The number of anilines is 1. The van der Waals surface area contributed by atoms with Crippen LogP contribution in [0, 0.1) is 0 Å². The Hall–Kier alpha value is -1.62. The van der Waals surface area contributed by atoms with Gasteiger partial charge in [-0.2, -0.15) is 0 Å². The molecule has 0 saturated carbocycles. The number of thiazole rings is 1. The smallest absolute Gasteiger partial charge is 0.273 e. The molecule has 2 rings (SSSR count). The second kappa shape index (κ2) is 4.33. The Bertz CT molecular complexity index is 508. The minimum atomic E-state index is -0.162. The van der Waals surface area contributed by atoms with E-state index >= 15 is 0 Å². The van der Waals surface area contributed by atoms with Crippen molar-refractivity contribution in [2.75, 3.05) is 5.32 Å². The summed E-state index contributed by atoms with van der Waals surface area (Å²) in [5, 5.41) is 5.38. The topological polar surface area (TPSA) is 57.8 Å². The molecule has 0 atom stereocenters. The Balaban J connectivity index is 2.10. The first-order valence-electron chi connectivity index (χ1n) is 5.37. The zero-order chi connectivity index (χ0) is 12.5. The summed E-state index contributed by atoms with van der Waals surface area (Å²) in [6.07, 6.45) is 1.72. The van der Waals surface area contributed by atoms with Gasteiger partial charge in [-0.15, -0.1) is 11.3 Å². The first-order valence-corrected chi connectivity index (χ1v) is 6.25. The summed E-state index contributed by atoms with van der Waals surface area (Å²) in [5.41, 5.74) is 1.54. The molecule has 0 aliphatic heterocycles. The summed E-state index contributed by atoms with van der Waals surface area (Å²) in [5.74, 6) is -0.162. The van der Waals surface area contributed by atoms with Crippen LogP contribution in [-0.4, -0.2) is 15.9 Å². The van der Waals surface area contributed by atoms with E-state index in [0.717, 1.165) is 5.69 Å². The van der Waals surface area contributed by atoms with Crippen molar-refractivity contribution in [3.8, 4) is 0 Å². The van der Waals surface area contributed by atoms with E-state index in [2.05, 4.69) is 36.1 Å². The van der Waals surface area contributed by atoms with Crippen molar-refractivity contribution >= 4 is 22.4 Å². The monoisotopic (exact) mass is 249 g/mol. The maximum atomic E-state index is 11.8. The van der Waals surface area contributed by atoms with Crippen LogP contribution in [0.25, 0.3) is 0 Å². The van der Waals surface area contributed by atoms with Crippen LogP contribution >= 0.6 is 11.3 Å². The standard InChI is InChI=1S/C12H15N3OS/c1-12(2,3)9-7-17-11(14-9)15-10(16)8-5-4-6-13-8/h4-7,13H,1-3H3,(H,14,15,16). The molecule has 0 aromatic carbocycles. The lowest BCUT2D eigenvalue weighted by Gasteiger charge is -2.14. The molecule has 0 spiro atoms. The maximum Gasteiger partial charge on any atom is 0.273 e. The highest BCUT2D eigenvalue weighted by atomic mass is 32.1. The Morgan fingerprint density at radius 2 is 2.24 bits per heavy atom. The van der Waals surface area contributed by atoms with Crippen molar-refractivity contribution in [2.45, 2.75) is 26.2 Å². The molecule has 1 amide bonds. The summed E-state index contributed by atoms with van der Waals surface area (Å²) >= 11 is 1.45. The fourth-order valence-corrected chi connectivity index (χ4v) is 2.24. The SMILES string of the molecule is CC(C)(C)c1csc(NC(=O)c2ccc[nH]2)n1. The van der Waals surface area contributed by atoms with Crippen molar-refractivity contribution in [1.29, 1.82) is 0 Å². The number of rotatable bonds is 2. The van der Waals surface area contributed by atoms with Crippen LogP contribution in [0.2, 0.25) is 0 Å². The van der Waals surface area contributed by atoms with Gasteiger partial charge in [0.1, 0.15) is 5.69 Å². The first kappa shape index (κ1) is 11.9. The van der Waals surface area contributed by atoms with Crippen LogP contribution in [0.4, 0.5) is 5.13 Å². The highest BCUT2D eigenvalue weighted by Gasteiger charge is 2.18. The van der Waals surface area contributed by atoms with Crippen molar-refractivity contribution in [3.63, 3.8) is 0 Å². The van der Waals surface area contributed by atoms with E-state index in [1.54, 1.807) is 18.3 Å². The third kappa shape index (κ3) is 2.74. The van der Waals surface area contributed by atoms with E-state index in [-0.39, 0.29) is 11.3 Å². The number of amides is 1. The second-order valence-electron chi connectivity index (χ2n) is 4.83. The summed E-state index contributed by atoms with van der Waals surface area (Å²) < 4.78 is 0. The number of nitrogens with one attached hydrogen (secondary N) is 2. The van der Waals surface area contributed by atoms with Crippen LogP contribution in [0.3, 0.4) is 0 Å². The van der Waals surface area contributed by atoms with Gasteiger partial charge in [-0.3, -0.25) is 10.1 Å². The van der Waals surface area contributed by atoms with E-state index in [9.17, 15) is 4.79 Å². The van der Waals surface area contributed by atoms with Gasteiger partial charge in [0, 0.05) is 17.0 Å². The van der Waals surface area contributed by atoms with E-state index in [1.807, 2.05) is 5.38 Å². The average molecular weight is 249 g/mol. The van der Waals surface area contributed by atoms with Gasteiger partial charge in [-0.05, 0) is 12.1 Å². The van der Waals surface area contributed by atoms with Gasteiger partial charge in [0.2, 0.25) is 0 Å². The highest BCUT2D eigenvalue weighted by Crippen LogP contribution is 2.26. The third-order valence-electron chi connectivity index (χ3n) is 2.34. The van der Waals surface area contributed by atoms with Crippen LogP contribution in [0.1, 0.15) is 37.0 Å². The maximum absolute atomic E-state index is 11.8. The largest absolute Gasteiger partial charge is 0.357 e. The molecular formula is C12H15N3OS. The number of H-pyrrole nitrogens is 1. The molecule has 2 aromatic rings. The Morgan fingerprint density at radius 3 is 2.76 bits per heavy atom. The van der Waals surface area contributed by atoms with Gasteiger partial charge in [-0.1, -0.05) is 20.8 Å². The molecule has 0 bridgehead atoms. The number of aromatic nitrogens is 2. The van der Waals surface area contributed by atoms with Crippen molar-refractivity contribution in [2.24, 2.45) is 0 Å². The molecule has 2 N–H and O–H groups in total. The molecular weight excluding hydrogens is 234 g/mol. The van der Waals surface area contributed by atoms with Gasteiger partial charge in [-0.25, -0.2) is 4.98 Å².